The number of hydrogen-bond donors (Lipinski definition) is 1. The first-order chi connectivity index (χ1) is 10.5. The zero-order valence-corrected chi connectivity index (χ0v) is 13.6. The van der Waals surface area contributed by atoms with Crippen molar-refractivity contribution >= 4 is 32.4 Å². The van der Waals surface area contributed by atoms with Crippen LogP contribution < -0.4 is 10.5 Å². The van der Waals surface area contributed by atoms with Gasteiger partial charge in [0.15, 0.2) is 5.58 Å². The second kappa shape index (κ2) is 6.16. The summed E-state index contributed by atoms with van der Waals surface area (Å²) in [5, 5.41) is 10.5. The molecule has 1 aliphatic rings. The molecule has 1 aliphatic carbocycles. The van der Waals surface area contributed by atoms with Gasteiger partial charge in [0.2, 0.25) is 0 Å². The first kappa shape index (κ1) is 15.2. The highest BCUT2D eigenvalue weighted by atomic mass is 32.1. The fraction of sp³-hybridized carbons (Fsp3) is 0.471. The van der Waals surface area contributed by atoms with E-state index in [1.807, 2.05) is 6.07 Å². The van der Waals surface area contributed by atoms with Crippen molar-refractivity contribution in [3.05, 3.63) is 34.7 Å². The molecule has 3 rings (SSSR count). The Labute approximate surface area is 133 Å². The Morgan fingerprint density at radius 2 is 2.14 bits per heavy atom. The van der Waals surface area contributed by atoms with Crippen LogP contribution in [0.1, 0.15) is 37.7 Å². The molecule has 0 saturated heterocycles. The zero-order valence-electron chi connectivity index (χ0n) is 12.8. The minimum absolute atomic E-state index is 0.135. The highest BCUT2D eigenvalue weighted by Crippen LogP contribution is 2.34. The standard InChI is InChI=1S/C17H21NO3S/c1-11(19)13-8-15-14(21-17(13)20)9-16(22-15)18(2)10-12-6-4-3-5-7-12/h8-9,12,19H,1,3-7,10H2,2H3. The number of hydrogen-bond acceptors (Lipinski definition) is 5. The van der Waals surface area contributed by atoms with Crippen LogP contribution in [0.25, 0.3) is 16.0 Å². The van der Waals surface area contributed by atoms with Gasteiger partial charge in [-0.2, -0.15) is 0 Å². The van der Waals surface area contributed by atoms with Crippen LogP contribution in [-0.4, -0.2) is 18.7 Å². The Balaban J connectivity index is 1.84. The number of nitrogens with zero attached hydrogens (tertiary/aromatic N) is 1. The number of fused-ring (bicyclic) bond motifs is 1. The molecule has 0 spiro atoms. The van der Waals surface area contributed by atoms with E-state index in [1.54, 1.807) is 17.4 Å². The minimum Gasteiger partial charge on any atom is -0.508 e. The van der Waals surface area contributed by atoms with E-state index in [0.29, 0.717) is 5.58 Å². The lowest BCUT2D eigenvalue weighted by atomic mass is 9.89. The first-order valence-electron chi connectivity index (χ1n) is 7.71. The van der Waals surface area contributed by atoms with Gasteiger partial charge in [-0.05, 0) is 24.8 Å². The van der Waals surface area contributed by atoms with Gasteiger partial charge in [0.25, 0.3) is 0 Å². The maximum absolute atomic E-state index is 11.8. The Hall–Kier alpha value is -1.75. The lowest BCUT2D eigenvalue weighted by Gasteiger charge is -2.27. The van der Waals surface area contributed by atoms with E-state index in [-0.39, 0.29) is 11.3 Å². The third-order valence-corrected chi connectivity index (χ3v) is 5.53. The third kappa shape index (κ3) is 3.04. The molecular formula is C17H21NO3S. The second-order valence-corrected chi connectivity index (χ2v) is 7.15. The molecule has 4 nitrogen and oxygen atoms in total. The quantitative estimate of drug-likeness (QED) is 0.849. The highest BCUT2D eigenvalue weighted by Gasteiger charge is 2.18. The van der Waals surface area contributed by atoms with E-state index < -0.39 is 5.63 Å². The van der Waals surface area contributed by atoms with Gasteiger partial charge in [0.05, 0.1) is 9.70 Å². The van der Waals surface area contributed by atoms with E-state index in [1.165, 1.54) is 32.1 Å². The van der Waals surface area contributed by atoms with Crippen molar-refractivity contribution < 1.29 is 9.52 Å². The molecule has 0 radical (unpaired) electrons. The second-order valence-electron chi connectivity index (χ2n) is 6.09. The molecule has 2 aromatic heterocycles. The van der Waals surface area contributed by atoms with E-state index in [4.69, 9.17) is 4.42 Å². The zero-order chi connectivity index (χ0) is 15.7. The molecule has 1 N–H and O–H groups in total. The van der Waals surface area contributed by atoms with Crippen molar-refractivity contribution in [2.45, 2.75) is 32.1 Å². The molecule has 0 bridgehead atoms. The third-order valence-electron chi connectivity index (χ3n) is 4.35. The Kier molecular flexibility index (Phi) is 4.25. The maximum Gasteiger partial charge on any atom is 0.347 e. The largest absolute Gasteiger partial charge is 0.508 e. The number of anilines is 1. The van der Waals surface area contributed by atoms with Crippen molar-refractivity contribution in [1.29, 1.82) is 0 Å². The monoisotopic (exact) mass is 319 g/mol. The molecule has 118 valence electrons. The average Bonchev–Trinajstić information content (AvgIpc) is 2.90. The lowest BCUT2D eigenvalue weighted by Crippen LogP contribution is -2.26. The van der Waals surface area contributed by atoms with Crippen molar-refractivity contribution in [3.8, 4) is 0 Å². The van der Waals surface area contributed by atoms with E-state index in [9.17, 15) is 9.90 Å². The predicted molar refractivity (Wildman–Crippen MR) is 91.9 cm³/mol. The van der Waals surface area contributed by atoms with E-state index in [2.05, 4.69) is 18.5 Å². The summed E-state index contributed by atoms with van der Waals surface area (Å²) < 4.78 is 6.14. The molecule has 0 amide bonds. The van der Waals surface area contributed by atoms with Crippen molar-refractivity contribution in [1.82, 2.24) is 0 Å². The minimum atomic E-state index is -0.542. The predicted octanol–water partition coefficient (Wildman–Crippen LogP) is 4.40. The topological polar surface area (TPSA) is 53.7 Å². The van der Waals surface area contributed by atoms with Gasteiger partial charge >= 0.3 is 5.63 Å². The summed E-state index contributed by atoms with van der Waals surface area (Å²) in [5.74, 6) is 0.505. The molecule has 5 heteroatoms. The molecule has 2 heterocycles. The van der Waals surface area contributed by atoms with E-state index >= 15 is 0 Å². The number of thiophene rings is 1. The maximum atomic E-state index is 11.8. The van der Waals surface area contributed by atoms with Gasteiger partial charge in [-0.15, -0.1) is 11.3 Å². The molecule has 1 saturated carbocycles. The molecule has 0 aliphatic heterocycles. The van der Waals surface area contributed by atoms with Crippen LogP contribution in [0.3, 0.4) is 0 Å². The van der Waals surface area contributed by atoms with Crippen LogP contribution in [0.4, 0.5) is 5.00 Å². The smallest absolute Gasteiger partial charge is 0.347 e. The number of rotatable bonds is 4. The molecule has 0 unspecified atom stereocenters. The van der Waals surface area contributed by atoms with Crippen LogP contribution in [0.2, 0.25) is 0 Å². The summed E-state index contributed by atoms with van der Waals surface area (Å²) in [4.78, 5) is 14.0. The lowest BCUT2D eigenvalue weighted by molar-refractivity contribution is 0.362. The van der Waals surface area contributed by atoms with Gasteiger partial charge in [-0.25, -0.2) is 4.79 Å². The van der Waals surface area contributed by atoms with Gasteiger partial charge < -0.3 is 14.4 Å². The molecular weight excluding hydrogens is 298 g/mol. The summed E-state index contributed by atoms with van der Waals surface area (Å²) in [6.45, 7) is 4.44. The fourth-order valence-corrected chi connectivity index (χ4v) is 4.14. The summed E-state index contributed by atoms with van der Waals surface area (Å²) in [6.07, 6.45) is 6.64. The van der Waals surface area contributed by atoms with Gasteiger partial charge in [0.1, 0.15) is 11.3 Å². The van der Waals surface area contributed by atoms with Crippen LogP contribution in [0, 0.1) is 5.92 Å². The Morgan fingerprint density at radius 1 is 1.41 bits per heavy atom. The fourth-order valence-electron chi connectivity index (χ4n) is 3.14. The van der Waals surface area contributed by atoms with Crippen molar-refractivity contribution in [2.24, 2.45) is 5.92 Å². The highest BCUT2D eigenvalue weighted by molar-refractivity contribution is 7.22. The van der Waals surface area contributed by atoms with Gasteiger partial charge in [0, 0.05) is 19.7 Å². The normalized spacial score (nSPS) is 16.0. The first-order valence-corrected chi connectivity index (χ1v) is 8.53. The number of aliphatic hydroxyl groups excluding tert-OH is 1. The van der Waals surface area contributed by atoms with Gasteiger partial charge in [-0.3, -0.25) is 0 Å². The average molecular weight is 319 g/mol. The Morgan fingerprint density at radius 3 is 2.82 bits per heavy atom. The van der Waals surface area contributed by atoms with Crippen molar-refractivity contribution in [3.63, 3.8) is 0 Å². The van der Waals surface area contributed by atoms with Crippen LogP contribution in [-0.2, 0) is 0 Å². The molecule has 2 aromatic rings. The number of aliphatic hydroxyl groups is 1. The van der Waals surface area contributed by atoms with Gasteiger partial charge in [-0.1, -0.05) is 25.8 Å². The van der Waals surface area contributed by atoms with Crippen molar-refractivity contribution in [2.75, 3.05) is 18.5 Å². The molecule has 1 fully saturated rings. The van der Waals surface area contributed by atoms with Crippen LogP contribution in [0.5, 0.6) is 0 Å². The van der Waals surface area contributed by atoms with E-state index in [0.717, 1.165) is 22.2 Å². The summed E-state index contributed by atoms with van der Waals surface area (Å²) in [6, 6.07) is 3.57. The van der Waals surface area contributed by atoms with Crippen LogP contribution >= 0.6 is 11.3 Å². The molecule has 0 aromatic carbocycles. The molecule has 0 atom stereocenters. The summed E-state index contributed by atoms with van der Waals surface area (Å²) in [5.41, 5.74) is 0.167. The molecule has 22 heavy (non-hydrogen) atoms. The SMILES string of the molecule is C=C(O)c1cc2sc(N(C)CC3CCCCC3)cc2oc1=O. The summed E-state index contributed by atoms with van der Waals surface area (Å²) >= 11 is 1.58. The Bertz CT molecular complexity index is 740. The van der Waals surface area contributed by atoms with Crippen LogP contribution in [0.15, 0.2) is 27.9 Å². The summed E-state index contributed by atoms with van der Waals surface area (Å²) in [7, 11) is 2.09.